The van der Waals surface area contributed by atoms with Crippen LogP contribution in [-0.4, -0.2) is 26.4 Å². The van der Waals surface area contributed by atoms with Crippen LogP contribution in [0.5, 0.6) is 0 Å². The largest absolute Gasteiger partial charge is 0.325 e. The van der Waals surface area contributed by atoms with Crippen LogP contribution >= 0.6 is 11.8 Å². The Hall–Kier alpha value is -2.74. The van der Waals surface area contributed by atoms with E-state index < -0.39 is 11.6 Å². The SMILES string of the molecule is CCn1c(SCC(=O)Nc2ccc(C)cc2)nnc1-c1ccc(F)cc1F. The van der Waals surface area contributed by atoms with Crippen molar-refractivity contribution in [2.24, 2.45) is 0 Å². The zero-order chi connectivity index (χ0) is 19.4. The van der Waals surface area contributed by atoms with Gasteiger partial charge in [-0.1, -0.05) is 29.5 Å². The molecule has 0 spiro atoms. The number of amides is 1. The maximum atomic E-state index is 14.1. The fourth-order valence-electron chi connectivity index (χ4n) is 2.51. The lowest BCUT2D eigenvalue weighted by Gasteiger charge is -2.08. The van der Waals surface area contributed by atoms with E-state index in [0.717, 1.165) is 17.3 Å². The Bertz CT molecular complexity index is 957. The van der Waals surface area contributed by atoms with E-state index in [0.29, 0.717) is 17.5 Å². The zero-order valence-electron chi connectivity index (χ0n) is 14.9. The summed E-state index contributed by atoms with van der Waals surface area (Å²) in [6.07, 6.45) is 0. The minimum atomic E-state index is -0.703. The zero-order valence-corrected chi connectivity index (χ0v) is 15.7. The Morgan fingerprint density at radius 1 is 1.15 bits per heavy atom. The van der Waals surface area contributed by atoms with E-state index in [4.69, 9.17) is 0 Å². The number of benzene rings is 2. The first-order chi connectivity index (χ1) is 13.0. The maximum Gasteiger partial charge on any atom is 0.234 e. The summed E-state index contributed by atoms with van der Waals surface area (Å²) in [6.45, 7) is 4.33. The van der Waals surface area contributed by atoms with Crippen molar-refractivity contribution < 1.29 is 13.6 Å². The predicted molar refractivity (Wildman–Crippen MR) is 102 cm³/mol. The first-order valence-electron chi connectivity index (χ1n) is 8.36. The van der Waals surface area contributed by atoms with Gasteiger partial charge in [-0.25, -0.2) is 8.78 Å². The number of nitrogens with zero attached hydrogens (tertiary/aromatic N) is 3. The Labute approximate surface area is 159 Å². The number of hydrogen-bond donors (Lipinski definition) is 1. The third-order valence-electron chi connectivity index (χ3n) is 3.87. The summed E-state index contributed by atoms with van der Waals surface area (Å²) in [6, 6.07) is 10.8. The fraction of sp³-hybridized carbons (Fsp3) is 0.211. The lowest BCUT2D eigenvalue weighted by atomic mass is 10.2. The van der Waals surface area contributed by atoms with Crippen LogP contribution in [-0.2, 0) is 11.3 Å². The highest BCUT2D eigenvalue weighted by molar-refractivity contribution is 7.99. The van der Waals surface area contributed by atoms with Gasteiger partial charge in [0.05, 0.1) is 11.3 Å². The highest BCUT2D eigenvalue weighted by atomic mass is 32.2. The van der Waals surface area contributed by atoms with Gasteiger partial charge in [0.25, 0.3) is 0 Å². The fourth-order valence-corrected chi connectivity index (χ4v) is 3.32. The van der Waals surface area contributed by atoms with Crippen LogP contribution in [0.2, 0.25) is 0 Å². The molecule has 0 fully saturated rings. The number of aromatic nitrogens is 3. The van der Waals surface area contributed by atoms with E-state index in [-0.39, 0.29) is 17.2 Å². The molecule has 27 heavy (non-hydrogen) atoms. The first-order valence-corrected chi connectivity index (χ1v) is 9.34. The van der Waals surface area contributed by atoms with E-state index in [1.807, 2.05) is 38.1 Å². The Balaban J connectivity index is 1.71. The number of carbonyl (C=O) groups is 1. The van der Waals surface area contributed by atoms with Crippen molar-refractivity contribution in [2.75, 3.05) is 11.1 Å². The highest BCUT2D eigenvalue weighted by Crippen LogP contribution is 2.26. The van der Waals surface area contributed by atoms with Crippen molar-refractivity contribution in [3.63, 3.8) is 0 Å². The van der Waals surface area contributed by atoms with Crippen molar-refractivity contribution in [1.29, 1.82) is 0 Å². The quantitative estimate of drug-likeness (QED) is 0.640. The predicted octanol–water partition coefficient (Wildman–Crippen LogP) is 4.28. The van der Waals surface area contributed by atoms with Crippen LogP contribution in [0, 0.1) is 18.6 Å². The summed E-state index contributed by atoms with van der Waals surface area (Å²) >= 11 is 1.21. The molecular formula is C19H18F2N4OS. The average molecular weight is 388 g/mol. The molecule has 5 nitrogen and oxygen atoms in total. The molecule has 0 aliphatic carbocycles. The van der Waals surface area contributed by atoms with Gasteiger partial charge in [-0.2, -0.15) is 0 Å². The molecule has 0 bridgehead atoms. The van der Waals surface area contributed by atoms with Gasteiger partial charge in [0.2, 0.25) is 5.91 Å². The second-order valence-corrected chi connectivity index (χ2v) is 6.82. The molecule has 0 unspecified atom stereocenters. The van der Waals surface area contributed by atoms with Crippen LogP contribution in [0.1, 0.15) is 12.5 Å². The Morgan fingerprint density at radius 3 is 2.56 bits per heavy atom. The number of hydrogen-bond acceptors (Lipinski definition) is 4. The summed E-state index contributed by atoms with van der Waals surface area (Å²) in [7, 11) is 0. The Morgan fingerprint density at radius 2 is 1.89 bits per heavy atom. The standard InChI is InChI=1S/C19H18F2N4OS/c1-3-25-18(15-9-6-13(20)10-16(15)21)23-24-19(25)27-11-17(26)22-14-7-4-12(2)5-8-14/h4-10H,3,11H2,1-2H3,(H,22,26). The van der Waals surface area contributed by atoms with Crippen molar-refractivity contribution in [1.82, 2.24) is 14.8 Å². The van der Waals surface area contributed by atoms with Gasteiger partial charge in [-0.05, 0) is 38.1 Å². The van der Waals surface area contributed by atoms with Crippen molar-refractivity contribution >= 4 is 23.4 Å². The molecule has 0 aliphatic rings. The van der Waals surface area contributed by atoms with Crippen molar-refractivity contribution in [3.8, 4) is 11.4 Å². The number of nitrogens with one attached hydrogen (secondary N) is 1. The second-order valence-electron chi connectivity index (χ2n) is 5.88. The third kappa shape index (κ3) is 4.51. The van der Waals surface area contributed by atoms with Gasteiger partial charge < -0.3 is 9.88 Å². The molecule has 0 radical (unpaired) electrons. The van der Waals surface area contributed by atoms with Gasteiger partial charge in [0.15, 0.2) is 11.0 Å². The van der Waals surface area contributed by atoms with E-state index in [2.05, 4.69) is 15.5 Å². The van der Waals surface area contributed by atoms with Gasteiger partial charge in [0, 0.05) is 18.3 Å². The lowest BCUT2D eigenvalue weighted by Crippen LogP contribution is -2.14. The summed E-state index contributed by atoms with van der Waals surface area (Å²) in [5.74, 6) is -1.09. The molecule has 3 aromatic rings. The van der Waals surface area contributed by atoms with Crippen LogP contribution < -0.4 is 5.32 Å². The van der Waals surface area contributed by atoms with Crippen LogP contribution in [0.3, 0.4) is 0 Å². The van der Waals surface area contributed by atoms with Crippen LogP contribution in [0.15, 0.2) is 47.6 Å². The molecule has 0 saturated heterocycles. The minimum absolute atomic E-state index is 0.137. The van der Waals surface area contributed by atoms with E-state index in [1.54, 1.807) is 4.57 Å². The molecule has 0 aliphatic heterocycles. The molecule has 1 amide bonds. The number of aryl methyl sites for hydroxylation is 1. The molecule has 0 saturated carbocycles. The summed E-state index contributed by atoms with van der Waals surface area (Å²) in [5.41, 5.74) is 2.00. The number of thioether (sulfide) groups is 1. The lowest BCUT2D eigenvalue weighted by molar-refractivity contribution is -0.113. The number of halogens is 2. The molecule has 8 heteroatoms. The first kappa shape index (κ1) is 19.0. The normalized spacial score (nSPS) is 10.8. The third-order valence-corrected chi connectivity index (χ3v) is 4.84. The minimum Gasteiger partial charge on any atom is -0.325 e. The van der Waals surface area contributed by atoms with Crippen molar-refractivity contribution in [3.05, 3.63) is 59.7 Å². The topological polar surface area (TPSA) is 59.8 Å². The van der Waals surface area contributed by atoms with Crippen LogP contribution in [0.4, 0.5) is 14.5 Å². The molecule has 2 aromatic carbocycles. The van der Waals surface area contributed by atoms with Gasteiger partial charge >= 0.3 is 0 Å². The summed E-state index contributed by atoms with van der Waals surface area (Å²) < 4.78 is 28.9. The van der Waals surface area contributed by atoms with Gasteiger partial charge in [-0.3, -0.25) is 4.79 Å². The van der Waals surface area contributed by atoms with Gasteiger partial charge in [-0.15, -0.1) is 10.2 Å². The second kappa shape index (κ2) is 8.30. The van der Waals surface area contributed by atoms with Gasteiger partial charge in [0.1, 0.15) is 11.6 Å². The smallest absolute Gasteiger partial charge is 0.234 e. The number of carbonyl (C=O) groups excluding carboxylic acids is 1. The Kier molecular flexibility index (Phi) is 5.85. The molecule has 1 aromatic heterocycles. The van der Waals surface area contributed by atoms with Crippen LogP contribution in [0.25, 0.3) is 11.4 Å². The summed E-state index contributed by atoms with van der Waals surface area (Å²) in [4.78, 5) is 12.1. The molecule has 3 rings (SSSR count). The molecule has 140 valence electrons. The molecular weight excluding hydrogens is 370 g/mol. The average Bonchev–Trinajstić information content (AvgIpc) is 3.04. The van der Waals surface area contributed by atoms with Crippen molar-refractivity contribution in [2.45, 2.75) is 25.5 Å². The van der Waals surface area contributed by atoms with E-state index in [1.165, 1.54) is 23.9 Å². The number of rotatable bonds is 6. The number of anilines is 1. The highest BCUT2D eigenvalue weighted by Gasteiger charge is 2.17. The maximum absolute atomic E-state index is 14.1. The van der Waals surface area contributed by atoms with E-state index >= 15 is 0 Å². The summed E-state index contributed by atoms with van der Waals surface area (Å²) in [5, 5.41) is 11.4. The molecule has 0 atom stereocenters. The molecule has 1 N–H and O–H groups in total. The molecule has 1 heterocycles. The van der Waals surface area contributed by atoms with E-state index in [9.17, 15) is 13.6 Å². The monoisotopic (exact) mass is 388 g/mol.